The van der Waals surface area contributed by atoms with Gasteiger partial charge in [-0.25, -0.2) is 0 Å². The maximum absolute atomic E-state index is 5.56. The first-order chi connectivity index (χ1) is 7.74. The van der Waals surface area contributed by atoms with Crippen molar-refractivity contribution in [2.75, 3.05) is 27.2 Å². The predicted octanol–water partition coefficient (Wildman–Crippen LogP) is 1.79. The van der Waals surface area contributed by atoms with Crippen molar-refractivity contribution >= 4 is 29.9 Å². The summed E-state index contributed by atoms with van der Waals surface area (Å²) in [5, 5.41) is 3.09. The molecule has 0 radical (unpaired) electrons. The topological polar surface area (TPSA) is 53.6 Å². The lowest BCUT2D eigenvalue weighted by atomic mass is 9.94. The Hall–Kier alpha value is -0.0400. The van der Waals surface area contributed by atoms with Crippen molar-refractivity contribution in [1.29, 1.82) is 0 Å². The quantitative estimate of drug-likeness (QED) is 0.343. The molecule has 0 saturated heterocycles. The molecule has 0 amide bonds. The smallest absolute Gasteiger partial charge is 0.188 e. The van der Waals surface area contributed by atoms with Crippen LogP contribution in [0.5, 0.6) is 0 Å². The molecule has 0 spiro atoms. The van der Waals surface area contributed by atoms with Crippen LogP contribution < -0.4 is 11.1 Å². The molecule has 0 aromatic heterocycles. The van der Waals surface area contributed by atoms with E-state index in [9.17, 15) is 0 Å². The number of hydrogen-bond donors (Lipinski definition) is 2. The van der Waals surface area contributed by atoms with Gasteiger partial charge < -0.3 is 16.0 Å². The van der Waals surface area contributed by atoms with Gasteiger partial charge in [0.05, 0.1) is 0 Å². The summed E-state index contributed by atoms with van der Waals surface area (Å²) in [7, 11) is 3.95. The van der Waals surface area contributed by atoms with Crippen LogP contribution in [0.3, 0.4) is 0 Å². The van der Waals surface area contributed by atoms with Crippen LogP contribution in [0.25, 0.3) is 0 Å². The average molecular weight is 354 g/mol. The molecule has 0 aliphatic heterocycles. The molecule has 0 unspecified atom stereocenters. The van der Waals surface area contributed by atoms with Gasteiger partial charge in [0.15, 0.2) is 5.96 Å². The Morgan fingerprint density at radius 3 is 2.59 bits per heavy atom. The minimum Gasteiger partial charge on any atom is -0.370 e. The summed E-state index contributed by atoms with van der Waals surface area (Å²) in [4.78, 5) is 6.36. The summed E-state index contributed by atoms with van der Waals surface area (Å²) in [6.45, 7) is 2.06. The molecule has 1 aliphatic rings. The lowest BCUT2D eigenvalue weighted by Crippen LogP contribution is -2.37. The van der Waals surface area contributed by atoms with Gasteiger partial charge >= 0.3 is 0 Å². The third-order valence-corrected chi connectivity index (χ3v) is 3.43. The summed E-state index contributed by atoms with van der Waals surface area (Å²) in [6, 6.07) is 0.811. The second-order valence-electron chi connectivity index (χ2n) is 4.66. The Kier molecular flexibility index (Phi) is 9.91. The largest absolute Gasteiger partial charge is 0.370 e. The van der Waals surface area contributed by atoms with Gasteiger partial charge in [0, 0.05) is 19.6 Å². The van der Waals surface area contributed by atoms with E-state index in [2.05, 4.69) is 22.3 Å². The Balaban J connectivity index is 0.00000256. The van der Waals surface area contributed by atoms with Gasteiger partial charge in [0.2, 0.25) is 0 Å². The van der Waals surface area contributed by atoms with Crippen molar-refractivity contribution in [3.63, 3.8) is 0 Å². The first-order valence-electron chi connectivity index (χ1n) is 6.40. The third-order valence-electron chi connectivity index (χ3n) is 3.43. The predicted molar refractivity (Wildman–Crippen MR) is 85.1 cm³/mol. The maximum atomic E-state index is 5.56. The van der Waals surface area contributed by atoms with Gasteiger partial charge in [-0.05, 0) is 32.9 Å². The Morgan fingerprint density at radius 1 is 1.35 bits per heavy atom. The maximum Gasteiger partial charge on any atom is 0.188 e. The highest BCUT2D eigenvalue weighted by molar-refractivity contribution is 14.0. The normalized spacial score (nSPS) is 17.9. The second kappa shape index (κ2) is 9.94. The fourth-order valence-electron chi connectivity index (χ4n) is 2.33. The first-order valence-corrected chi connectivity index (χ1v) is 6.40. The number of nitrogens with one attached hydrogen (secondary N) is 1. The number of aliphatic imine (C=N–C) groups is 1. The summed E-state index contributed by atoms with van der Waals surface area (Å²) in [6.07, 6.45) is 8.12. The van der Waals surface area contributed by atoms with Crippen molar-refractivity contribution in [3.05, 3.63) is 0 Å². The van der Waals surface area contributed by atoms with Crippen LogP contribution in [0, 0.1) is 0 Å². The Labute approximate surface area is 122 Å². The number of nitrogens with two attached hydrogens (primary N) is 1. The number of rotatable bonds is 5. The van der Waals surface area contributed by atoms with Crippen LogP contribution in [-0.2, 0) is 0 Å². The zero-order valence-corrected chi connectivity index (χ0v) is 13.4. The molecule has 4 nitrogen and oxygen atoms in total. The molecular formula is C12H27IN4. The number of halogens is 1. The highest BCUT2D eigenvalue weighted by Gasteiger charge is 2.16. The fourth-order valence-corrected chi connectivity index (χ4v) is 2.33. The van der Waals surface area contributed by atoms with Crippen molar-refractivity contribution in [2.45, 2.75) is 44.6 Å². The van der Waals surface area contributed by atoms with Crippen molar-refractivity contribution in [2.24, 2.45) is 10.7 Å². The Morgan fingerprint density at radius 2 is 2.00 bits per heavy atom. The van der Waals surface area contributed by atoms with Gasteiger partial charge in [0.25, 0.3) is 0 Å². The van der Waals surface area contributed by atoms with E-state index >= 15 is 0 Å². The summed E-state index contributed by atoms with van der Waals surface area (Å²) in [5.74, 6) is 0.542. The van der Waals surface area contributed by atoms with Gasteiger partial charge in [-0.2, -0.15) is 0 Å². The monoisotopic (exact) mass is 354 g/mol. The van der Waals surface area contributed by atoms with Gasteiger partial charge in [-0.3, -0.25) is 4.99 Å². The van der Waals surface area contributed by atoms with E-state index in [4.69, 9.17) is 5.73 Å². The summed E-state index contributed by atoms with van der Waals surface area (Å²) in [5.41, 5.74) is 5.56. The molecule has 17 heavy (non-hydrogen) atoms. The van der Waals surface area contributed by atoms with Crippen LogP contribution >= 0.6 is 24.0 Å². The summed E-state index contributed by atoms with van der Waals surface area (Å²) < 4.78 is 0. The third kappa shape index (κ3) is 7.08. The first kappa shape index (κ1) is 17.0. The van der Waals surface area contributed by atoms with Crippen LogP contribution in [-0.4, -0.2) is 44.1 Å². The van der Waals surface area contributed by atoms with E-state index in [1.165, 1.54) is 32.1 Å². The molecular weight excluding hydrogens is 327 g/mol. The average Bonchev–Trinajstić information content (AvgIpc) is 2.35. The zero-order chi connectivity index (χ0) is 11.8. The minimum atomic E-state index is 0. The van der Waals surface area contributed by atoms with E-state index < -0.39 is 0 Å². The van der Waals surface area contributed by atoms with E-state index in [1.807, 2.05) is 0 Å². The Bertz CT molecular complexity index is 215. The van der Waals surface area contributed by atoms with E-state index in [1.54, 1.807) is 7.05 Å². The molecule has 1 aliphatic carbocycles. The molecule has 5 heteroatoms. The van der Waals surface area contributed by atoms with Crippen molar-refractivity contribution in [3.8, 4) is 0 Å². The molecule has 0 aromatic carbocycles. The minimum absolute atomic E-state index is 0. The molecule has 1 rings (SSSR count). The lowest BCUT2D eigenvalue weighted by Gasteiger charge is -2.31. The number of nitrogens with zero attached hydrogens (tertiary/aromatic N) is 2. The highest BCUT2D eigenvalue weighted by Crippen LogP contribution is 2.21. The van der Waals surface area contributed by atoms with Crippen LogP contribution in [0.4, 0.5) is 0 Å². The molecule has 3 N–H and O–H groups in total. The van der Waals surface area contributed by atoms with E-state index in [-0.39, 0.29) is 24.0 Å². The van der Waals surface area contributed by atoms with Gasteiger partial charge in [0.1, 0.15) is 0 Å². The van der Waals surface area contributed by atoms with Crippen LogP contribution in [0.1, 0.15) is 38.5 Å². The highest BCUT2D eigenvalue weighted by atomic mass is 127. The fraction of sp³-hybridized carbons (Fsp3) is 0.917. The van der Waals surface area contributed by atoms with Gasteiger partial charge in [-0.15, -0.1) is 24.0 Å². The van der Waals surface area contributed by atoms with E-state index in [0.29, 0.717) is 5.96 Å². The van der Waals surface area contributed by atoms with Crippen molar-refractivity contribution in [1.82, 2.24) is 10.2 Å². The standard InChI is InChI=1S/C12H26N4.HI/c1-14-12(13)15-9-6-10-16(2)11-7-4-3-5-8-11;/h11H,3-10H2,1-2H3,(H3,13,14,15);1H. The molecule has 0 bridgehead atoms. The zero-order valence-electron chi connectivity index (χ0n) is 11.1. The van der Waals surface area contributed by atoms with E-state index in [0.717, 1.165) is 25.6 Å². The summed E-state index contributed by atoms with van der Waals surface area (Å²) >= 11 is 0. The van der Waals surface area contributed by atoms with Crippen molar-refractivity contribution < 1.29 is 0 Å². The molecule has 102 valence electrons. The number of hydrogen-bond acceptors (Lipinski definition) is 2. The van der Waals surface area contributed by atoms with Crippen LogP contribution in [0.2, 0.25) is 0 Å². The number of guanidine groups is 1. The second-order valence-corrected chi connectivity index (χ2v) is 4.66. The molecule has 0 aromatic rings. The molecule has 0 heterocycles. The SMILES string of the molecule is CN=C(N)NCCCN(C)C1CCCCC1.I. The molecule has 1 saturated carbocycles. The lowest BCUT2D eigenvalue weighted by molar-refractivity contribution is 0.190. The van der Waals surface area contributed by atoms with Gasteiger partial charge in [-0.1, -0.05) is 19.3 Å². The molecule has 1 fully saturated rings. The van der Waals surface area contributed by atoms with Crippen LogP contribution in [0.15, 0.2) is 4.99 Å². The molecule has 0 atom stereocenters.